The standard InChI is InChI=1S/C18H19N5O5/c1-11(21-22-18(25)13-5-3-4-6-14(13)19)9-17(24)20-15-10-12(23(26)27)7-8-16(15)28-2/h3-10,21H,19H2,1-2H3,(H,20,24)(H,22,25). The van der Waals surface area contributed by atoms with Crippen LogP contribution in [0.25, 0.3) is 0 Å². The summed E-state index contributed by atoms with van der Waals surface area (Å²) in [6, 6.07) is 10.4. The third-order valence-corrected chi connectivity index (χ3v) is 3.58. The molecule has 0 bridgehead atoms. The molecular formula is C18H19N5O5. The first-order chi connectivity index (χ1) is 13.3. The number of nitrogens with two attached hydrogens (primary N) is 1. The van der Waals surface area contributed by atoms with Gasteiger partial charge in [-0.15, -0.1) is 0 Å². The van der Waals surface area contributed by atoms with Crippen molar-refractivity contribution in [2.45, 2.75) is 6.92 Å². The zero-order valence-corrected chi connectivity index (χ0v) is 15.2. The lowest BCUT2D eigenvalue weighted by atomic mass is 10.2. The number of nitrogens with one attached hydrogen (secondary N) is 3. The molecule has 146 valence electrons. The Morgan fingerprint density at radius 3 is 2.54 bits per heavy atom. The van der Waals surface area contributed by atoms with Crippen molar-refractivity contribution in [1.29, 1.82) is 0 Å². The molecule has 2 amide bonds. The van der Waals surface area contributed by atoms with Crippen LogP contribution >= 0.6 is 0 Å². The van der Waals surface area contributed by atoms with Gasteiger partial charge in [0, 0.05) is 29.6 Å². The number of benzene rings is 2. The van der Waals surface area contributed by atoms with Crippen molar-refractivity contribution in [2.24, 2.45) is 0 Å². The van der Waals surface area contributed by atoms with Gasteiger partial charge < -0.3 is 21.2 Å². The smallest absolute Gasteiger partial charge is 0.271 e. The Balaban J connectivity index is 2.02. The first-order valence-electron chi connectivity index (χ1n) is 8.04. The number of amides is 2. The third-order valence-electron chi connectivity index (χ3n) is 3.58. The Morgan fingerprint density at radius 1 is 1.18 bits per heavy atom. The minimum absolute atomic E-state index is 0.145. The molecule has 2 rings (SSSR count). The predicted molar refractivity (Wildman–Crippen MR) is 103 cm³/mol. The van der Waals surface area contributed by atoms with Crippen molar-refractivity contribution >= 4 is 28.9 Å². The predicted octanol–water partition coefficient (Wildman–Crippen LogP) is 1.96. The Morgan fingerprint density at radius 2 is 1.89 bits per heavy atom. The molecule has 0 fully saturated rings. The van der Waals surface area contributed by atoms with Gasteiger partial charge in [-0.05, 0) is 25.1 Å². The van der Waals surface area contributed by atoms with Gasteiger partial charge in [0.1, 0.15) is 5.75 Å². The summed E-state index contributed by atoms with van der Waals surface area (Å²) in [6.45, 7) is 1.55. The second kappa shape index (κ2) is 9.03. The van der Waals surface area contributed by atoms with Crippen molar-refractivity contribution in [3.63, 3.8) is 0 Å². The molecule has 10 nitrogen and oxygen atoms in total. The van der Waals surface area contributed by atoms with E-state index in [1.807, 2.05) is 0 Å². The van der Waals surface area contributed by atoms with Crippen LogP contribution in [0.1, 0.15) is 17.3 Å². The van der Waals surface area contributed by atoms with Gasteiger partial charge in [0.2, 0.25) is 5.91 Å². The molecule has 5 N–H and O–H groups in total. The van der Waals surface area contributed by atoms with Gasteiger partial charge in [0.05, 0.1) is 23.3 Å². The average Bonchev–Trinajstić information content (AvgIpc) is 2.66. The van der Waals surface area contributed by atoms with Gasteiger partial charge in [-0.1, -0.05) is 12.1 Å². The lowest BCUT2D eigenvalue weighted by Crippen LogP contribution is -2.36. The molecule has 0 atom stereocenters. The lowest BCUT2D eigenvalue weighted by molar-refractivity contribution is -0.384. The van der Waals surface area contributed by atoms with E-state index in [4.69, 9.17) is 10.5 Å². The monoisotopic (exact) mass is 385 g/mol. The van der Waals surface area contributed by atoms with Crippen LogP contribution in [0.4, 0.5) is 17.1 Å². The van der Waals surface area contributed by atoms with E-state index < -0.39 is 16.7 Å². The first-order valence-corrected chi connectivity index (χ1v) is 8.04. The van der Waals surface area contributed by atoms with E-state index in [9.17, 15) is 19.7 Å². The van der Waals surface area contributed by atoms with Crippen LogP contribution in [-0.4, -0.2) is 23.8 Å². The maximum absolute atomic E-state index is 12.2. The van der Waals surface area contributed by atoms with E-state index >= 15 is 0 Å². The van der Waals surface area contributed by atoms with Crippen LogP contribution in [0.3, 0.4) is 0 Å². The second-order valence-corrected chi connectivity index (χ2v) is 5.62. The van der Waals surface area contributed by atoms with Crippen LogP contribution in [-0.2, 0) is 4.79 Å². The van der Waals surface area contributed by atoms with Crippen LogP contribution in [0.5, 0.6) is 5.75 Å². The number of nitro benzene ring substituents is 1. The summed E-state index contributed by atoms with van der Waals surface area (Å²) in [4.78, 5) is 34.5. The van der Waals surface area contributed by atoms with Gasteiger partial charge in [0.15, 0.2) is 0 Å². The highest BCUT2D eigenvalue weighted by atomic mass is 16.6. The molecule has 0 aliphatic heterocycles. The van der Waals surface area contributed by atoms with Crippen molar-refractivity contribution in [2.75, 3.05) is 18.2 Å². The van der Waals surface area contributed by atoms with E-state index in [1.165, 1.54) is 31.4 Å². The molecule has 0 aliphatic rings. The normalized spacial score (nSPS) is 10.7. The topological polar surface area (TPSA) is 149 Å². The maximum Gasteiger partial charge on any atom is 0.271 e. The highest BCUT2D eigenvalue weighted by Gasteiger charge is 2.13. The zero-order chi connectivity index (χ0) is 20.7. The fourth-order valence-corrected chi connectivity index (χ4v) is 2.24. The number of non-ortho nitro benzene ring substituents is 1. The number of nitrogen functional groups attached to an aromatic ring is 1. The molecule has 0 unspecified atom stereocenters. The molecule has 0 aliphatic carbocycles. The maximum atomic E-state index is 12.2. The third kappa shape index (κ3) is 5.21. The number of carbonyl (C=O) groups is 2. The SMILES string of the molecule is COc1ccc([N+](=O)[O-])cc1NC(=O)C=C(C)NNC(=O)c1ccccc1N. The number of allylic oxidation sites excluding steroid dienone is 1. The second-order valence-electron chi connectivity index (χ2n) is 5.62. The Bertz CT molecular complexity index is 942. The summed E-state index contributed by atoms with van der Waals surface area (Å²) in [5.41, 5.74) is 11.6. The van der Waals surface area contributed by atoms with E-state index in [-0.39, 0.29) is 22.7 Å². The number of methoxy groups -OCH3 is 1. The van der Waals surface area contributed by atoms with Crippen LogP contribution in [0.2, 0.25) is 0 Å². The number of nitrogens with zero attached hydrogens (tertiary/aromatic N) is 1. The Hall–Kier alpha value is -4.08. The first kappa shape index (κ1) is 20.2. The van der Waals surface area contributed by atoms with Crippen molar-refractivity contribution in [3.8, 4) is 5.75 Å². The fraction of sp³-hybridized carbons (Fsp3) is 0.111. The van der Waals surface area contributed by atoms with Gasteiger partial charge in [-0.2, -0.15) is 0 Å². The summed E-state index contributed by atoms with van der Waals surface area (Å²) >= 11 is 0. The Labute approximate surface area is 160 Å². The summed E-state index contributed by atoms with van der Waals surface area (Å²) in [6.07, 6.45) is 1.17. The van der Waals surface area contributed by atoms with Crippen LogP contribution in [0.15, 0.2) is 54.2 Å². The van der Waals surface area contributed by atoms with E-state index in [0.717, 1.165) is 0 Å². The number of nitro groups is 1. The van der Waals surface area contributed by atoms with Gasteiger partial charge in [-0.3, -0.25) is 25.1 Å². The number of hydrogen-bond donors (Lipinski definition) is 4. The average molecular weight is 385 g/mol. The number of anilines is 2. The van der Waals surface area contributed by atoms with Crippen molar-refractivity contribution in [1.82, 2.24) is 10.9 Å². The van der Waals surface area contributed by atoms with E-state index in [0.29, 0.717) is 11.4 Å². The highest BCUT2D eigenvalue weighted by molar-refractivity contribution is 6.01. The van der Waals surface area contributed by atoms with Gasteiger partial charge in [-0.25, -0.2) is 0 Å². The number of ether oxygens (including phenoxy) is 1. The quantitative estimate of drug-likeness (QED) is 0.246. The molecule has 0 saturated heterocycles. The number of hydrogen-bond acceptors (Lipinski definition) is 7. The number of rotatable bonds is 7. The molecule has 0 radical (unpaired) electrons. The molecule has 2 aromatic carbocycles. The molecule has 0 aromatic heterocycles. The Kier molecular flexibility index (Phi) is 6.53. The molecular weight excluding hydrogens is 366 g/mol. The molecule has 28 heavy (non-hydrogen) atoms. The van der Waals surface area contributed by atoms with Crippen molar-refractivity contribution < 1.29 is 19.2 Å². The zero-order valence-electron chi connectivity index (χ0n) is 15.2. The largest absolute Gasteiger partial charge is 0.495 e. The molecule has 2 aromatic rings. The summed E-state index contributed by atoms with van der Waals surface area (Å²) in [5.74, 6) is -0.769. The lowest BCUT2D eigenvalue weighted by Gasteiger charge is -2.11. The van der Waals surface area contributed by atoms with Crippen LogP contribution < -0.4 is 26.6 Å². The minimum atomic E-state index is -0.581. The fourth-order valence-electron chi connectivity index (χ4n) is 2.24. The van der Waals surface area contributed by atoms with E-state index in [2.05, 4.69) is 16.2 Å². The number of hydrazine groups is 1. The molecule has 10 heteroatoms. The number of carbonyl (C=O) groups excluding carboxylic acids is 2. The van der Waals surface area contributed by atoms with Gasteiger partial charge >= 0.3 is 0 Å². The van der Waals surface area contributed by atoms with E-state index in [1.54, 1.807) is 31.2 Å². The highest BCUT2D eigenvalue weighted by Crippen LogP contribution is 2.28. The van der Waals surface area contributed by atoms with Crippen molar-refractivity contribution in [3.05, 3.63) is 69.9 Å². The van der Waals surface area contributed by atoms with Gasteiger partial charge in [0.25, 0.3) is 11.6 Å². The molecule has 0 saturated carbocycles. The summed E-state index contributed by atoms with van der Waals surface area (Å²) in [7, 11) is 1.38. The molecule has 0 heterocycles. The van der Waals surface area contributed by atoms with Crippen LogP contribution in [0, 0.1) is 10.1 Å². The summed E-state index contributed by atoms with van der Waals surface area (Å²) < 4.78 is 5.08. The minimum Gasteiger partial charge on any atom is -0.495 e. The summed E-state index contributed by atoms with van der Waals surface area (Å²) in [5, 5.41) is 13.4. The molecule has 0 spiro atoms. The number of para-hydroxylation sites is 1.